The Morgan fingerprint density at radius 2 is 2.23 bits per heavy atom. The minimum Gasteiger partial charge on any atom is -0.348 e. The van der Waals surface area contributed by atoms with Crippen molar-refractivity contribution in [1.82, 2.24) is 20.1 Å². The van der Waals surface area contributed by atoms with Crippen molar-refractivity contribution in [2.24, 2.45) is 0 Å². The van der Waals surface area contributed by atoms with Gasteiger partial charge in [-0.2, -0.15) is 0 Å². The van der Waals surface area contributed by atoms with Crippen LogP contribution >= 0.6 is 23.4 Å². The van der Waals surface area contributed by atoms with Crippen LogP contribution in [0.4, 0.5) is 0 Å². The van der Waals surface area contributed by atoms with Crippen molar-refractivity contribution in [3.8, 4) is 0 Å². The Kier molecular flexibility index (Phi) is 6.74. The zero-order chi connectivity index (χ0) is 15.8. The van der Waals surface area contributed by atoms with Crippen LogP contribution in [-0.4, -0.2) is 26.4 Å². The first-order chi connectivity index (χ1) is 10.7. The van der Waals surface area contributed by atoms with Crippen molar-refractivity contribution in [3.63, 3.8) is 0 Å². The van der Waals surface area contributed by atoms with Crippen LogP contribution in [0.25, 0.3) is 0 Å². The molecule has 0 aliphatic rings. The summed E-state index contributed by atoms with van der Waals surface area (Å²) in [6, 6.07) is 7.68. The summed E-state index contributed by atoms with van der Waals surface area (Å²) in [5.41, 5.74) is 1.05. The molecule has 7 heteroatoms. The van der Waals surface area contributed by atoms with E-state index in [0.29, 0.717) is 12.3 Å². The lowest BCUT2D eigenvalue weighted by Gasteiger charge is -2.07. The number of hydrogen-bond donors (Lipinski definition) is 1. The molecule has 1 aromatic carbocycles. The van der Waals surface area contributed by atoms with Crippen LogP contribution < -0.4 is 5.32 Å². The summed E-state index contributed by atoms with van der Waals surface area (Å²) >= 11 is 7.62. The van der Waals surface area contributed by atoms with E-state index in [-0.39, 0.29) is 5.91 Å². The minimum absolute atomic E-state index is 0.0110. The maximum Gasteiger partial charge on any atom is 0.230 e. The van der Waals surface area contributed by atoms with E-state index < -0.39 is 0 Å². The quantitative estimate of drug-likeness (QED) is 0.804. The number of thioether (sulfide) groups is 1. The van der Waals surface area contributed by atoms with Crippen molar-refractivity contribution in [2.45, 2.75) is 32.2 Å². The van der Waals surface area contributed by atoms with Crippen LogP contribution in [0.5, 0.6) is 0 Å². The molecule has 0 atom stereocenters. The van der Waals surface area contributed by atoms with E-state index in [1.807, 2.05) is 28.8 Å². The summed E-state index contributed by atoms with van der Waals surface area (Å²) in [5.74, 6) is 1.89. The molecule has 0 aliphatic carbocycles. The van der Waals surface area contributed by atoms with Gasteiger partial charge >= 0.3 is 0 Å². The molecule has 1 amide bonds. The highest BCUT2D eigenvalue weighted by Crippen LogP contribution is 2.20. The summed E-state index contributed by atoms with van der Waals surface area (Å²) < 4.78 is 1.96. The zero-order valence-corrected chi connectivity index (χ0v) is 14.0. The lowest BCUT2D eigenvalue weighted by Crippen LogP contribution is -2.26. The molecule has 0 aliphatic heterocycles. The third kappa shape index (κ3) is 5.03. The first-order valence-electron chi connectivity index (χ1n) is 7.15. The van der Waals surface area contributed by atoms with E-state index in [0.717, 1.165) is 35.1 Å². The van der Waals surface area contributed by atoms with Gasteiger partial charge in [0, 0.05) is 17.3 Å². The molecule has 2 rings (SSSR count). The van der Waals surface area contributed by atoms with Crippen molar-refractivity contribution in [1.29, 1.82) is 0 Å². The molecule has 22 heavy (non-hydrogen) atoms. The van der Waals surface area contributed by atoms with Crippen LogP contribution in [0.1, 0.15) is 24.7 Å². The number of aromatic nitrogens is 3. The summed E-state index contributed by atoms with van der Waals surface area (Å²) in [5, 5.41) is 11.5. The number of carbonyl (C=O) groups excluding carboxylic acids is 1. The van der Waals surface area contributed by atoms with Crippen LogP contribution in [0.15, 0.2) is 30.6 Å². The molecule has 0 spiro atoms. The molecule has 118 valence electrons. The first kappa shape index (κ1) is 16.8. The lowest BCUT2D eigenvalue weighted by molar-refractivity contribution is -0.118. The fourth-order valence-electron chi connectivity index (χ4n) is 1.94. The first-order valence-corrected chi connectivity index (χ1v) is 8.68. The molecule has 0 saturated heterocycles. The van der Waals surface area contributed by atoms with Gasteiger partial charge in [0.15, 0.2) is 5.82 Å². The predicted octanol–water partition coefficient (Wildman–Crippen LogP) is 2.89. The third-order valence-electron chi connectivity index (χ3n) is 3.05. The van der Waals surface area contributed by atoms with E-state index in [1.54, 1.807) is 18.1 Å². The Balaban J connectivity index is 1.72. The molecule has 1 aromatic heterocycles. The van der Waals surface area contributed by atoms with Gasteiger partial charge < -0.3 is 9.88 Å². The van der Waals surface area contributed by atoms with E-state index in [4.69, 9.17) is 11.6 Å². The van der Waals surface area contributed by atoms with Crippen LogP contribution in [0.2, 0.25) is 5.02 Å². The van der Waals surface area contributed by atoms with Gasteiger partial charge in [-0.05, 0) is 18.1 Å². The SMILES string of the molecule is CCCn1cnnc1CNC(=O)CSCc1ccccc1Cl. The van der Waals surface area contributed by atoms with Crippen LogP contribution in [0.3, 0.4) is 0 Å². The van der Waals surface area contributed by atoms with Crippen molar-refractivity contribution in [3.05, 3.63) is 47.0 Å². The van der Waals surface area contributed by atoms with Gasteiger partial charge in [0.05, 0.1) is 12.3 Å². The number of amides is 1. The number of nitrogens with one attached hydrogen (secondary N) is 1. The van der Waals surface area contributed by atoms with Crippen molar-refractivity contribution in [2.75, 3.05) is 5.75 Å². The summed E-state index contributed by atoms with van der Waals surface area (Å²) in [6.07, 6.45) is 2.70. The fourth-order valence-corrected chi connectivity index (χ4v) is 3.08. The largest absolute Gasteiger partial charge is 0.348 e. The highest BCUT2D eigenvalue weighted by molar-refractivity contribution is 7.99. The number of aryl methyl sites for hydroxylation is 1. The molecule has 1 heterocycles. The van der Waals surface area contributed by atoms with E-state index >= 15 is 0 Å². The Labute approximate surface area is 139 Å². The topological polar surface area (TPSA) is 59.8 Å². The molecule has 0 saturated carbocycles. The van der Waals surface area contributed by atoms with Crippen LogP contribution in [0, 0.1) is 0 Å². The maximum absolute atomic E-state index is 11.9. The standard InChI is InChI=1S/C15H19ClN4OS/c1-2-7-20-11-18-19-14(20)8-17-15(21)10-22-9-12-5-3-4-6-13(12)16/h3-6,11H,2,7-10H2,1H3,(H,17,21). The van der Waals surface area contributed by atoms with Crippen molar-refractivity contribution < 1.29 is 4.79 Å². The smallest absolute Gasteiger partial charge is 0.230 e. The molecule has 5 nitrogen and oxygen atoms in total. The predicted molar refractivity (Wildman–Crippen MR) is 89.8 cm³/mol. The van der Waals surface area contributed by atoms with E-state index in [9.17, 15) is 4.79 Å². The second kappa shape index (κ2) is 8.80. The monoisotopic (exact) mass is 338 g/mol. The Bertz CT molecular complexity index is 617. The van der Waals surface area contributed by atoms with Crippen LogP contribution in [-0.2, 0) is 23.6 Å². The van der Waals surface area contributed by atoms with Gasteiger partial charge in [-0.25, -0.2) is 0 Å². The maximum atomic E-state index is 11.9. The molecular formula is C15H19ClN4OS. The third-order valence-corrected chi connectivity index (χ3v) is 4.40. The number of benzene rings is 1. The highest BCUT2D eigenvalue weighted by atomic mass is 35.5. The lowest BCUT2D eigenvalue weighted by atomic mass is 10.2. The number of nitrogens with zero attached hydrogens (tertiary/aromatic N) is 3. The molecule has 0 radical (unpaired) electrons. The number of rotatable bonds is 8. The van der Waals surface area contributed by atoms with Gasteiger partial charge in [0.2, 0.25) is 5.91 Å². The normalized spacial score (nSPS) is 10.6. The number of halogens is 1. The highest BCUT2D eigenvalue weighted by Gasteiger charge is 2.07. The summed E-state index contributed by atoms with van der Waals surface area (Å²) in [4.78, 5) is 11.9. The minimum atomic E-state index is -0.0110. The number of hydrogen-bond acceptors (Lipinski definition) is 4. The summed E-state index contributed by atoms with van der Waals surface area (Å²) in [7, 11) is 0. The number of carbonyl (C=O) groups is 1. The average molecular weight is 339 g/mol. The Hall–Kier alpha value is -1.53. The van der Waals surface area contributed by atoms with Gasteiger partial charge in [-0.3, -0.25) is 4.79 Å². The average Bonchev–Trinajstić information content (AvgIpc) is 2.95. The van der Waals surface area contributed by atoms with Gasteiger partial charge in [-0.15, -0.1) is 22.0 Å². The Morgan fingerprint density at radius 1 is 1.41 bits per heavy atom. The molecule has 2 aromatic rings. The molecule has 0 bridgehead atoms. The second-order valence-electron chi connectivity index (χ2n) is 4.80. The van der Waals surface area contributed by atoms with Crippen molar-refractivity contribution >= 4 is 29.3 Å². The molecular weight excluding hydrogens is 320 g/mol. The zero-order valence-electron chi connectivity index (χ0n) is 12.5. The molecule has 0 fully saturated rings. The van der Waals surface area contributed by atoms with E-state index in [2.05, 4.69) is 22.4 Å². The second-order valence-corrected chi connectivity index (χ2v) is 6.19. The summed E-state index contributed by atoms with van der Waals surface area (Å²) in [6.45, 7) is 3.36. The van der Waals surface area contributed by atoms with Gasteiger partial charge in [0.1, 0.15) is 6.33 Å². The Morgan fingerprint density at radius 3 is 3.00 bits per heavy atom. The van der Waals surface area contributed by atoms with E-state index in [1.165, 1.54) is 0 Å². The molecule has 1 N–H and O–H groups in total. The fraction of sp³-hybridized carbons (Fsp3) is 0.400. The van der Waals surface area contributed by atoms with Gasteiger partial charge in [0.25, 0.3) is 0 Å². The molecule has 0 unspecified atom stereocenters. The van der Waals surface area contributed by atoms with Gasteiger partial charge in [-0.1, -0.05) is 36.7 Å².